The largest absolute Gasteiger partial charge is 0.350 e. The lowest BCUT2D eigenvalue weighted by molar-refractivity contribution is 0.0951. The summed E-state index contributed by atoms with van der Waals surface area (Å²) in [7, 11) is 0. The van der Waals surface area contributed by atoms with E-state index in [0.29, 0.717) is 18.0 Å². The Hall–Kier alpha value is -2.14. The lowest BCUT2D eigenvalue weighted by Gasteiger charge is -2.18. The molecule has 3 N–H and O–H groups in total. The smallest absolute Gasteiger partial charge is 0.254 e. The molecule has 1 heterocycles. The maximum atomic E-state index is 12.2. The minimum absolute atomic E-state index is 0.146. The maximum absolute atomic E-state index is 12.2. The summed E-state index contributed by atoms with van der Waals surface area (Å²) in [4.78, 5) is 12.2. The second-order valence-corrected chi connectivity index (χ2v) is 7.48. The van der Waals surface area contributed by atoms with E-state index in [2.05, 4.69) is 36.4 Å². The van der Waals surface area contributed by atoms with Crippen molar-refractivity contribution in [1.82, 2.24) is 15.1 Å². The van der Waals surface area contributed by atoms with Crippen LogP contribution in [0.1, 0.15) is 68.1 Å². The highest BCUT2D eigenvalue weighted by molar-refractivity contribution is 5.93. The number of nitrogens with two attached hydrogens (primary N) is 1. The number of hydrogen-bond donors (Lipinski definition) is 2. The molecule has 1 amide bonds. The number of aromatic nitrogens is 2. The normalized spacial score (nSPS) is 13.1. The van der Waals surface area contributed by atoms with E-state index in [1.807, 2.05) is 32.9 Å². The molecule has 0 saturated carbocycles. The van der Waals surface area contributed by atoms with E-state index in [1.54, 1.807) is 17.1 Å². The summed E-state index contributed by atoms with van der Waals surface area (Å²) >= 11 is 0. The molecular formula is C19H28N4O. The average Bonchev–Trinajstić information content (AvgIpc) is 3.02. The Morgan fingerprint density at radius 1 is 1.21 bits per heavy atom. The fourth-order valence-electron chi connectivity index (χ4n) is 2.36. The predicted octanol–water partition coefficient (Wildman–Crippen LogP) is 3.19. The molecule has 0 fully saturated rings. The minimum Gasteiger partial charge on any atom is -0.350 e. The molecule has 130 valence electrons. The SMILES string of the molecule is CC(C)c1ccc(C(N)CNC(=O)c2cnn(C(C)(C)C)c2)cc1. The Labute approximate surface area is 144 Å². The number of nitrogens with one attached hydrogen (secondary N) is 1. The number of carbonyl (C=O) groups is 1. The molecule has 1 atom stereocenters. The van der Waals surface area contributed by atoms with Crippen LogP contribution in [0.5, 0.6) is 0 Å². The van der Waals surface area contributed by atoms with Gasteiger partial charge < -0.3 is 11.1 Å². The van der Waals surface area contributed by atoms with Crippen LogP contribution in [-0.4, -0.2) is 22.2 Å². The van der Waals surface area contributed by atoms with Crippen LogP contribution in [0.25, 0.3) is 0 Å². The first kappa shape index (κ1) is 18.2. The number of nitrogens with zero attached hydrogens (tertiary/aromatic N) is 2. The summed E-state index contributed by atoms with van der Waals surface area (Å²) < 4.78 is 1.78. The first-order valence-corrected chi connectivity index (χ1v) is 8.37. The Kier molecular flexibility index (Phi) is 5.44. The Morgan fingerprint density at radius 3 is 2.29 bits per heavy atom. The van der Waals surface area contributed by atoms with Crippen molar-refractivity contribution in [3.05, 3.63) is 53.3 Å². The summed E-state index contributed by atoms with van der Waals surface area (Å²) in [6, 6.07) is 8.02. The number of amides is 1. The molecule has 0 aliphatic heterocycles. The van der Waals surface area contributed by atoms with E-state index in [-0.39, 0.29) is 17.5 Å². The van der Waals surface area contributed by atoms with Gasteiger partial charge in [-0.05, 0) is 37.8 Å². The van der Waals surface area contributed by atoms with E-state index in [1.165, 1.54) is 5.56 Å². The van der Waals surface area contributed by atoms with Crippen LogP contribution in [0.2, 0.25) is 0 Å². The molecule has 0 aliphatic rings. The van der Waals surface area contributed by atoms with Gasteiger partial charge in [0.1, 0.15) is 0 Å². The molecular weight excluding hydrogens is 300 g/mol. The summed E-state index contributed by atoms with van der Waals surface area (Å²) in [6.45, 7) is 10.8. The fourth-order valence-corrected chi connectivity index (χ4v) is 2.36. The minimum atomic E-state index is -0.229. The van der Waals surface area contributed by atoms with Gasteiger partial charge in [0.2, 0.25) is 0 Å². The molecule has 0 radical (unpaired) electrons. The van der Waals surface area contributed by atoms with Crippen LogP contribution in [0.3, 0.4) is 0 Å². The van der Waals surface area contributed by atoms with Crippen molar-refractivity contribution in [3.8, 4) is 0 Å². The quantitative estimate of drug-likeness (QED) is 0.885. The van der Waals surface area contributed by atoms with Crippen molar-refractivity contribution in [2.45, 2.75) is 52.1 Å². The first-order chi connectivity index (χ1) is 11.2. The van der Waals surface area contributed by atoms with Crippen LogP contribution in [-0.2, 0) is 5.54 Å². The number of benzene rings is 1. The van der Waals surface area contributed by atoms with E-state index < -0.39 is 0 Å². The average molecular weight is 328 g/mol. The molecule has 0 saturated heterocycles. The van der Waals surface area contributed by atoms with Crippen LogP contribution in [0.15, 0.2) is 36.7 Å². The van der Waals surface area contributed by atoms with Gasteiger partial charge in [-0.15, -0.1) is 0 Å². The molecule has 5 heteroatoms. The molecule has 0 aliphatic carbocycles. The summed E-state index contributed by atoms with van der Waals surface area (Å²) in [5.41, 5.74) is 8.89. The van der Waals surface area contributed by atoms with Gasteiger partial charge in [0.25, 0.3) is 5.91 Å². The number of hydrogen-bond acceptors (Lipinski definition) is 3. The lowest BCUT2D eigenvalue weighted by Crippen LogP contribution is -2.31. The van der Waals surface area contributed by atoms with Crippen molar-refractivity contribution in [3.63, 3.8) is 0 Å². The van der Waals surface area contributed by atoms with Crippen molar-refractivity contribution in [1.29, 1.82) is 0 Å². The lowest BCUT2D eigenvalue weighted by atomic mass is 9.99. The summed E-state index contributed by atoms with van der Waals surface area (Å²) in [5.74, 6) is 0.342. The zero-order valence-corrected chi connectivity index (χ0v) is 15.2. The highest BCUT2D eigenvalue weighted by atomic mass is 16.1. The third-order valence-corrected chi connectivity index (χ3v) is 4.05. The first-order valence-electron chi connectivity index (χ1n) is 8.37. The van der Waals surface area contributed by atoms with Crippen molar-refractivity contribution in [2.75, 3.05) is 6.54 Å². The molecule has 1 aromatic carbocycles. The second-order valence-electron chi connectivity index (χ2n) is 7.48. The number of rotatable bonds is 5. The molecule has 5 nitrogen and oxygen atoms in total. The topological polar surface area (TPSA) is 72.9 Å². The Bertz CT molecular complexity index is 680. The van der Waals surface area contributed by atoms with E-state index >= 15 is 0 Å². The van der Waals surface area contributed by atoms with E-state index in [0.717, 1.165) is 5.56 Å². The van der Waals surface area contributed by atoms with Gasteiger partial charge in [-0.3, -0.25) is 9.48 Å². The molecule has 1 aromatic heterocycles. The molecule has 24 heavy (non-hydrogen) atoms. The third-order valence-electron chi connectivity index (χ3n) is 4.05. The van der Waals surface area contributed by atoms with Gasteiger partial charge in [-0.2, -0.15) is 5.10 Å². The van der Waals surface area contributed by atoms with Gasteiger partial charge in [-0.25, -0.2) is 0 Å². The standard InChI is InChI=1S/C19H28N4O/c1-13(2)14-6-8-15(9-7-14)17(20)11-21-18(24)16-10-22-23(12-16)19(3,4)5/h6-10,12-13,17H,11,20H2,1-5H3,(H,21,24). The van der Waals surface area contributed by atoms with Crippen molar-refractivity contribution < 1.29 is 4.79 Å². The second kappa shape index (κ2) is 7.18. The summed E-state index contributed by atoms with van der Waals surface area (Å²) in [5, 5.41) is 7.13. The summed E-state index contributed by atoms with van der Waals surface area (Å²) in [6.07, 6.45) is 3.35. The molecule has 0 bridgehead atoms. The van der Waals surface area contributed by atoms with Crippen LogP contribution < -0.4 is 11.1 Å². The zero-order chi connectivity index (χ0) is 17.9. The van der Waals surface area contributed by atoms with Gasteiger partial charge in [0.05, 0.1) is 17.3 Å². The zero-order valence-electron chi connectivity index (χ0n) is 15.2. The highest BCUT2D eigenvalue weighted by Crippen LogP contribution is 2.17. The van der Waals surface area contributed by atoms with Crippen molar-refractivity contribution >= 4 is 5.91 Å². The van der Waals surface area contributed by atoms with Crippen molar-refractivity contribution in [2.24, 2.45) is 5.73 Å². The molecule has 2 rings (SSSR count). The van der Waals surface area contributed by atoms with E-state index in [4.69, 9.17) is 5.73 Å². The maximum Gasteiger partial charge on any atom is 0.254 e. The van der Waals surface area contributed by atoms with Crippen LogP contribution >= 0.6 is 0 Å². The van der Waals surface area contributed by atoms with Crippen LogP contribution in [0.4, 0.5) is 0 Å². The Balaban J connectivity index is 1.94. The molecule has 2 aromatic rings. The third kappa shape index (κ3) is 4.45. The van der Waals surface area contributed by atoms with Gasteiger partial charge in [0.15, 0.2) is 0 Å². The monoisotopic (exact) mass is 328 g/mol. The highest BCUT2D eigenvalue weighted by Gasteiger charge is 2.17. The van der Waals surface area contributed by atoms with Gasteiger partial charge in [-0.1, -0.05) is 38.1 Å². The number of carbonyl (C=O) groups excluding carboxylic acids is 1. The van der Waals surface area contributed by atoms with Crippen LogP contribution in [0, 0.1) is 0 Å². The van der Waals surface area contributed by atoms with Gasteiger partial charge >= 0.3 is 0 Å². The molecule has 0 spiro atoms. The predicted molar refractivity (Wildman–Crippen MR) is 97.0 cm³/mol. The van der Waals surface area contributed by atoms with Gasteiger partial charge in [0, 0.05) is 18.8 Å². The fraction of sp³-hybridized carbons (Fsp3) is 0.474. The molecule has 1 unspecified atom stereocenters. The Morgan fingerprint density at radius 2 is 1.79 bits per heavy atom. The van der Waals surface area contributed by atoms with E-state index in [9.17, 15) is 4.79 Å².